The van der Waals surface area contributed by atoms with E-state index < -0.39 is 17.4 Å². The summed E-state index contributed by atoms with van der Waals surface area (Å²) in [6.45, 7) is 2.21. The monoisotopic (exact) mass is 552 g/mol. The molecule has 31 heavy (non-hydrogen) atoms. The number of halogens is 1. The van der Waals surface area contributed by atoms with E-state index in [9.17, 15) is 24.6 Å². The van der Waals surface area contributed by atoms with Crippen LogP contribution in [-0.4, -0.2) is 25.9 Å². The molecule has 0 fully saturated rings. The number of carboxylic acid groups (broad SMARTS) is 2. The summed E-state index contributed by atoms with van der Waals surface area (Å²) < 4.78 is 0.223. The first-order chi connectivity index (χ1) is 14.9. The first kappa shape index (κ1) is 30.3. The van der Waals surface area contributed by atoms with Crippen molar-refractivity contribution in [2.75, 3.05) is 0 Å². The largest absolute Gasteiger partial charge is 0.480 e. The molecule has 0 aromatic carbocycles. The Balaban J connectivity index is 4.04. The summed E-state index contributed by atoms with van der Waals surface area (Å²) in [5, 5.41) is 19.3. The predicted molar refractivity (Wildman–Crippen MR) is 135 cm³/mol. The Morgan fingerprint density at radius 2 is 0.903 bits per heavy atom. The average Bonchev–Trinajstić information content (AvgIpc) is 2.71. The first-order valence-corrected chi connectivity index (χ1v) is 13.6. The summed E-state index contributed by atoms with van der Waals surface area (Å²) in [6.07, 6.45) is 19.2. The van der Waals surface area contributed by atoms with Gasteiger partial charge in [-0.25, -0.2) is 0 Å². The Morgan fingerprint density at radius 3 is 1.23 bits per heavy atom. The fraction of sp³-hybridized carbons (Fsp3) is 0.880. The third-order valence-corrected chi connectivity index (χ3v) is 6.79. The zero-order valence-electron chi connectivity index (χ0n) is 19.6. The van der Waals surface area contributed by atoms with Gasteiger partial charge in [-0.05, 0) is 41.9 Å². The van der Waals surface area contributed by atoms with E-state index in [1.807, 2.05) is 22.6 Å². The Labute approximate surface area is 203 Å². The lowest BCUT2D eigenvalue weighted by Gasteiger charge is -2.25. The Morgan fingerprint density at radius 1 is 0.581 bits per heavy atom. The van der Waals surface area contributed by atoms with E-state index in [-0.39, 0.29) is 16.6 Å². The van der Waals surface area contributed by atoms with Crippen molar-refractivity contribution in [3.05, 3.63) is 0 Å². The Bertz CT molecular complexity index is 478. The van der Waals surface area contributed by atoms with E-state index in [2.05, 4.69) is 6.92 Å². The standard InChI is InChI=1S/C25H45IO5/c1-2-3-4-5-6-8-11-14-17-20-25(23(28)29,24(30)31)21-18-15-12-9-7-10-13-16-19-22(26)27/h2-21H2,1H3,(H,28,29)(H,30,31). The zero-order chi connectivity index (χ0) is 23.4. The number of carbonyl (C=O) groups is 3. The molecule has 6 heteroatoms. The third kappa shape index (κ3) is 15.7. The lowest BCUT2D eigenvalue weighted by molar-refractivity contribution is -0.166. The molecule has 0 bridgehead atoms. The third-order valence-electron chi connectivity index (χ3n) is 6.25. The van der Waals surface area contributed by atoms with E-state index >= 15 is 0 Å². The lowest BCUT2D eigenvalue weighted by atomic mass is 9.78. The van der Waals surface area contributed by atoms with Crippen molar-refractivity contribution in [2.45, 2.75) is 135 Å². The van der Waals surface area contributed by atoms with Crippen molar-refractivity contribution >= 4 is 38.3 Å². The quantitative estimate of drug-likeness (QED) is 0.0581. The van der Waals surface area contributed by atoms with Gasteiger partial charge in [0.05, 0.1) is 0 Å². The van der Waals surface area contributed by atoms with Crippen molar-refractivity contribution in [2.24, 2.45) is 5.41 Å². The molecular weight excluding hydrogens is 507 g/mol. The molecule has 0 aromatic heterocycles. The molecule has 0 aliphatic carbocycles. The van der Waals surface area contributed by atoms with E-state index in [1.54, 1.807) is 0 Å². The highest BCUT2D eigenvalue weighted by Gasteiger charge is 2.45. The minimum atomic E-state index is -1.62. The highest BCUT2D eigenvalue weighted by molar-refractivity contribution is 14.1. The number of aliphatic carboxylic acids is 2. The number of hydrogen-bond donors (Lipinski definition) is 2. The van der Waals surface area contributed by atoms with Gasteiger partial charge < -0.3 is 10.2 Å². The van der Waals surface area contributed by atoms with Crippen LogP contribution in [0.2, 0.25) is 0 Å². The van der Waals surface area contributed by atoms with Crippen LogP contribution in [0.15, 0.2) is 0 Å². The SMILES string of the molecule is CCCCCCCCCCCC(CCCCCCCCCCC(=O)I)(C(=O)O)C(=O)O. The zero-order valence-corrected chi connectivity index (χ0v) is 21.8. The van der Waals surface area contributed by atoms with Crippen LogP contribution in [0, 0.1) is 5.41 Å². The number of carbonyl (C=O) groups excluding carboxylic acids is 1. The maximum atomic E-state index is 11.8. The smallest absolute Gasteiger partial charge is 0.321 e. The molecule has 2 N–H and O–H groups in total. The second-order valence-electron chi connectivity index (χ2n) is 8.95. The highest BCUT2D eigenvalue weighted by atomic mass is 127. The molecular formula is C25H45IO5. The summed E-state index contributed by atoms with van der Waals surface area (Å²) in [4.78, 5) is 34.6. The van der Waals surface area contributed by atoms with Crippen LogP contribution in [0.25, 0.3) is 0 Å². The molecule has 182 valence electrons. The van der Waals surface area contributed by atoms with Gasteiger partial charge in [0.2, 0.25) is 0 Å². The highest BCUT2D eigenvalue weighted by Crippen LogP contribution is 2.33. The number of carboxylic acids is 2. The van der Waals surface area contributed by atoms with Gasteiger partial charge in [-0.3, -0.25) is 14.4 Å². The summed E-state index contributed by atoms with van der Waals surface area (Å²) in [7, 11) is 0. The molecule has 0 aliphatic rings. The second-order valence-corrected chi connectivity index (χ2v) is 10.2. The van der Waals surface area contributed by atoms with E-state index in [4.69, 9.17) is 0 Å². The van der Waals surface area contributed by atoms with Crippen molar-refractivity contribution in [3.8, 4) is 0 Å². The number of rotatable bonds is 23. The van der Waals surface area contributed by atoms with Gasteiger partial charge in [0.15, 0.2) is 9.20 Å². The van der Waals surface area contributed by atoms with E-state index in [0.29, 0.717) is 19.3 Å². The van der Waals surface area contributed by atoms with E-state index in [1.165, 1.54) is 32.1 Å². The summed E-state index contributed by atoms with van der Waals surface area (Å²) in [5.41, 5.74) is -1.62. The lowest BCUT2D eigenvalue weighted by Crippen LogP contribution is -2.39. The van der Waals surface area contributed by atoms with Gasteiger partial charge in [0.25, 0.3) is 0 Å². The summed E-state index contributed by atoms with van der Waals surface area (Å²) >= 11 is 1.84. The van der Waals surface area contributed by atoms with Crippen LogP contribution in [0.4, 0.5) is 0 Å². The van der Waals surface area contributed by atoms with Gasteiger partial charge in [0.1, 0.15) is 0 Å². The molecule has 0 spiro atoms. The van der Waals surface area contributed by atoms with Crippen molar-refractivity contribution in [1.82, 2.24) is 0 Å². The van der Waals surface area contributed by atoms with Crippen LogP contribution in [0.3, 0.4) is 0 Å². The molecule has 0 aliphatic heterocycles. The molecule has 0 amide bonds. The van der Waals surface area contributed by atoms with Gasteiger partial charge in [-0.1, -0.05) is 110 Å². The predicted octanol–water partition coefficient (Wildman–Crippen LogP) is 7.93. The summed E-state index contributed by atoms with van der Waals surface area (Å²) in [5.74, 6) is -2.35. The second kappa shape index (κ2) is 20.0. The van der Waals surface area contributed by atoms with Crippen LogP contribution in [-0.2, 0) is 14.4 Å². The molecule has 0 radical (unpaired) electrons. The molecule has 0 unspecified atom stereocenters. The van der Waals surface area contributed by atoms with Crippen LogP contribution >= 0.6 is 22.6 Å². The van der Waals surface area contributed by atoms with Gasteiger partial charge >= 0.3 is 11.9 Å². The normalized spacial score (nSPS) is 11.5. The summed E-state index contributed by atoms with van der Waals surface area (Å²) in [6, 6.07) is 0. The fourth-order valence-electron chi connectivity index (χ4n) is 4.13. The molecule has 0 saturated carbocycles. The van der Waals surface area contributed by atoms with Crippen molar-refractivity contribution < 1.29 is 24.6 Å². The molecule has 0 rings (SSSR count). The van der Waals surface area contributed by atoms with Gasteiger partial charge in [-0.2, -0.15) is 0 Å². The van der Waals surface area contributed by atoms with Gasteiger partial charge in [-0.15, -0.1) is 0 Å². The Kier molecular flexibility index (Phi) is 19.6. The number of unbranched alkanes of at least 4 members (excludes halogenated alkanes) is 15. The minimum absolute atomic E-state index is 0.223. The average molecular weight is 553 g/mol. The van der Waals surface area contributed by atoms with Crippen LogP contribution < -0.4 is 0 Å². The maximum Gasteiger partial charge on any atom is 0.321 e. The molecule has 0 atom stereocenters. The first-order valence-electron chi connectivity index (χ1n) is 12.5. The van der Waals surface area contributed by atoms with Crippen molar-refractivity contribution in [3.63, 3.8) is 0 Å². The molecule has 5 nitrogen and oxygen atoms in total. The molecule has 0 heterocycles. The fourth-order valence-corrected chi connectivity index (χ4v) is 4.51. The molecule has 0 saturated heterocycles. The number of hydrogen-bond acceptors (Lipinski definition) is 3. The minimum Gasteiger partial charge on any atom is -0.480 e. The topological polar surface area (TPSA) is 91.7 Å². The van der Waals surface area contributed by atoms with Crippen molar-refractivity contribution in [1.29, 1.82) is 0 Å². The maximum absolute atomic E-state index is 11.8. The van der Waals surface area contributed by atoms with Crippen LogP contribution in [0.5, 0.6) is 0 Å². The Hall–Kier alpha value is -0.660. The molecule has 0 aromatic rings. The van der Waals surface area contributed by atoms with E-state index in [0.717, 1.165) is 64.2 Å². The van der Waals surface area contributed by atoms with Crippen LogP contribution in [0.1, 0.15) is 135 Å². The van der Waals surface area contributed by atoms with Gasteiger partial charge in [0, 0.05) is 6.42 Å².